The van der Waals surface area contributed by atoms with Gasteiger partial charge in [-0.25, -0.2) is 4.79 Å². The van der Waals surface area contributed by atoms with Gasteiger partial charge in [-0.1, -0.05) is 47.1 Å². The van der Waals surface area contributed by atoms with Gasteiger partial charge in [0.25, 0.3) is 0 Å². The molecule has 0 heterocycles. The highest BCUT2D eigenvalue weighted by Crippen LogP contribution is 2.24. The Labute approximate surface area is 168 Å². The topological polar surface area (TPSA) is 54.0 Å². The van der Waals surface area contributed by atoms with Crippen molar-refractivity contribution < 1.29 is 22.8 Å². The average molecular weight is 403 g/mol. The first-order valence-electron chi connectivity index (χ1n) is 10.7. The van der Waals surface area contributed by atoms with Gasteiger partial charge in [-0.3, -0.25) is 0 Å². The normalized spacial score (nSPS) is 12.8. The van der Waals surface area contributed by atoms with Crippen molar-refractivity contribution in [2.45, 2.75) is 98.1 Å². The van der Waals surface area contributed by atoms with Gasteiger partial charge in [-0.2, -0.15) is 0 Å². The lowest BCUT2D eigenvalue weighted by Gasteiger charge is -2.31. The van der Waals surface area contributed by atoms with Gasteiger partial charge in [0.05, 0.1) is 0 Å². The molecule has 0 rings (SSSR count). The zero-order valence-corrected chi connectivity index (χ0v) is 19.3. The third kappa shape index (κ3) is 12.4. The number of carbonyl (C=O) groups excluding carboxylic acids is 1. The van der Waals surface area contributed by atoms with Crippen molar-refractivity contribution in [1.82, 2.24) is 0 Å². The van der Waals surface area contributed by atoms with E-state index in [1.54, 1.807) is 6.92 Å². The third-order valence-electron chi connectivity index (χ3n) is 4.10. The highest BCUT2D eigenvalue weighted by atomic mass is 28.4. The number of carbonyl (C=O) groups is 1. The highest BCUT2D eigenvalue weighted by Gasteiger charge is 2.41. The number of hydrogen-bond donors (Lipinski definition) is 0. The summed E-state index contributed by atoms with van der Waals surface area (Å²) in [5, 5.41) is 0. The molecule has 5 nitrogen and oxygen atoms in total. The molecule has 0 bridgehead atoms. The van der Waals surface area contributed by atoms with E-state index >= 15 is 0 Å². The molecule has 0 aliphatic carbocycles. The summed E-state index contributed by atoms with van der Waals surface area (Å²) in [4.78, 5) is 12.0. The van der Waals surface area contributed by atoms with Crippen molar-refractivity contribution in [3.63, 3.8) is 0 Å². The van der Waals surface area contributed by atoms with Gasteiger partial charge in [-0.15, -0.1) is 0 Å². The van der Waals surface area contributed by atoms with E-state index in [1.165, 1.54) is 0 Å². The van der Waals surface area contributed by atoms with Crippen LogP contribution in [0.15, 0.2) is 12.2 Å². The summed E-state index contributed by atoms with van der Waals surface area (Å²) in [5.74, 6) is -0.317. The van der Waals surface area contributed by atoms with Crippen LogP contribution in [0, 0.1) is 0 Å². The van der Waals surface area contributed by atoms with Crippen LogP contribution in [0.4, 0.5) is 0 Å². The molecule has 1 unspecified atom stereocenters. The van der Waals surface area contributed by atoms with Crippen molar-refractivity contribution in [3.8, 4) is 0 Å². The Morgan fingerprint density at radius 2 is 1.37 bits per heavy atom. The predicted octanol–water partition coefficient (Wildman–Crippen LogP) is 5.66. The molecule has 0 aromatic carbocycles. The van der Waals surface area contributed by atoms with E-state index in [0.29, 0.717) is 37.9 Å². The molecule has 0 aliphatic heterocycles. The van der Waals surface area contributed by atoms with E-state index in [9.17, 15) is 4.79 Å². The van der Waals surface area contributed by atoms with E-state index in [-0.39, 0.29) is 12.1 Å². The minimum Gasteiger partial charge on any atom is -0.459 e. The quantitative estimate of drug-likeness (QED) is 0.128. The molecule has 0 N–H and O–H groups in total. The van der Waals surface area contributed by atoms with Crippen LogP contribution in [0.2, 0.25) is 6.04 Å². The van der Waals surface area contributed by atoms with Crippen LogP contribution in [-0.2, 0) is 22.8 Å². The van der Waals surface area contributed by atoms with Crippen molar-refractivity contribution in [1.29, 1.82) is 0 Å². The minimum atomic E-state index is -2.76. The number of unbranched alkanes of at least 4 members (excludes halogenated alkanes) is 2. The van der Waals surface area contributed by atoms with Crippen LogP contribution in [0.1, 0.15) is 86.0 Å². The molecule has 0 fully saturated rings. The number of hydrogen-bond acceptors (Lipinski definition) is 5. The smallest absolute Gasteiger partial charge is 0.459 e. The van der Waals surface area contributed by atoms with Gasteiger partial charge < -0.3 is 18.0 Å². The lowest BCUT2D eigenvalue weighted by Crippen LogP contribution is -2.47. The molecule has 0 aliphatic rings. The Bertz CT molecular complexity index is 378. The number of esters is 1. The first kappa shape index (κ1) is 26.3. The van der Waals surface area contributed by atoms with E-state index < -0.39 is 8.80 Å². The summed E-state index contributed by atoms with van der Waals surface area (Å²) >= 11 is 0. The van der Waals surface area contributed by atoms with Gasteiger partial charge in [0, 0.05) is 31.4 Å². The zero-order chi connectivity index (χ0) is 20.5. The molecule has 160 valence electrons. The fourth-order valence-electron chi connectivity index (χ4n) is 2.59. The second-order valence-electron chi connectivity index (χ2n) is 7.07. The number of rotatable bonds is 18. The molecular formula is C21H42O5Si. The van der Waals surface area contributed by atoms with Crippen LogP contribution in [0.5, 0.6) is 0 Å². The molecule has 0 aromatic heterocycles. The van der Waals surface area contributed by atoms with Crippen molar-refractivity contribution in [2.24, 2.45) is 0 Å². The lowest BCUT2D eigenvalue weighted by molar-refractivity contribution is -0.144. The Balaban J connectivity index is 5.08. The molecule has 1 atom stereocenters. The number of ether oxygens (including phenoxy) is 1. The summed E-state index contributed by atoms with van der Waals surface area (Å²) in [6, 6.07) is 0.674. The summed E-state index contributed by atoms with van der Waals surface area (Å²) < 4.78 is 24.1. The molecule has 27 heavy (non-hydrogen) atoms. The molecule has 6 heteroatoms. The molecule has 0 radical (unpaired) electrons. The summed E-state index contributed by atoms with van der Waals surface area (Å²) in [6.45, 7) is 15.7. The van der Waals surface area contributed by atoms with Gasteiger partial charge in [0.2, 0.25) is 0 Å². The van der Waals surface area contributed by atoms with E-state index in [2.05, 4.69) is 34.3 Å². The molecule has 0 spiro atoms. The Morgan fingerprint density at radius 1 is 0.852 bits per heavy atom. The maximum atomic E-state index is 12.0. The molecular weight excluding hydrogens is 360 g/mol. The van der Waals surface area contributed by atoms with E-state index in [1.807, 2.05) is 0 Å². The Hall–Kier alpha value is -0.693. The summed E-state index contributed by atoms with van der Waals surface area (Å²) in [7, 11) is -2.76. The first-order valence-corrected chi connectivity index (χ1v) is 12.7. The summed E-state index contributed by atoms with van der Waals surface area (Å²) in [5.41, 5.74) is 0.436. The van der Waals surface area contributed by atoms with Crippen LogP contribution >= 0.6 is 0 Å². The predicted molar refractivity (Wildman–Crippen MR) is 113 cm³/mol. The Morgan fingerprint density at radius 3 is 1.78 bits per heavy atom. The van der Waals surface area contributed by atoms with E-state index in [4.69, 9.17) is 18.0 Å². The van der Waals surface area contributed by atoms with Crippen LogP contribution < -0.4 is 0 Å². The van der Waals surface area contributed by atoms with Crippen molar-refractivity contribution >= 4 is 14.8 Å². The molecule has 0 aromatic rings. The van der Waals surface area contributed by atoms with Gasteiger partial charge in [-0.05, 0) is 45.4 Å². The highest BCUT2D eigenvalue weighted by molar-refractivity contribution is 6.60. The lowest BCUT2D eigenvalue weighted by atomic mass is 10.1. The third-order valence-corrected chi connectivity index (χ3v) is 6.94. The second-order valence-corrected chi connectivity index (χ2v) is 9.80. The minimum absolute atomic E-state index is 0.145. The second kappa shape index (κ2) is 16.3. The molecule has 0 saturated carbocycles. The first-order chi connectivity index (χ1) is 12.9. The average Bonchev–Trinajstić information content (AvgIpc) is 2.66. The summed E-state index contributed by atoms with van der Waals surface area (Å²) in [6.07, 6.45) is 7.49. The molecule has 0 amide bonds. The van der Waals surface area contributed by atoms with Gasteiger partial charge in [0.1, 0.15) is 6.10 Å². The maximum Gasteiger partial charge on any atom is 0.501 e. The van der Waals surface area contributed by atoms with Gasteiger partial charge >= 0.3 is 14.8 Å². The van der Waals surface area contributed by atoms with Crippen LogP contribution in [0.3, 0.4) is 0 Å². The largest absolute Gasteiger partial charge is 0.501 e. The van der Waals surface area contributed by atoms with Crippen LogP contribution in [-0.4, -0.2) is 40.7 Å². The fraction of sp³-hybridized carbons (Fsp3) is 0.857. The standard InChI is InChI=1S/C21H42O5Si/c1-7-11-12-13-20(26-21(22)19(5)6)14-18-27(23-15-8-2,24-16-9-3)25-17-10-4/h20H,5,7-18H2,1-4,6H3. The van der Waals surface area contributed by atoms with Crippen molar-refractivity contribution in [2.75, 3.05) is 19.8 Å². The maximum absolute atomic E-state index is 12.0. The van der Waals surface area contributed by atoms with E-state index in [0.717, 1.165) is 44.9 Å². The van der Waals surface area contributed by atoms with Crippen LogP contribution in [0.25, 0.3) is 0 Å². The monoisotopic (exact) mass is 402 g/mol. The zero-order valence-electron chi connectivity index (χ0n) is 18.3. The Kier molecular flexibility index (Phi) is 15.9. The fourth-order valence-corrected chi connectivity index (χ4v) is 5.49. The molecule has 0 saturated heterocycles. The SMILES string of the molecule is C=C(C)C(=O)OC(CCCCC)CC[Si](OCCC)(OCCC)OCCC. The van der Waals surface area contributed by atoms with Gasteiger partial charge in [0.15, 0.2) is 0 Å². The van der Waals surface area contributed by atoms with Crippen molar-refractivity contribution in [3.05, 3.63) is 12.2 Å².